The zero-order chi connectivity index (χ0) is 11.7. The Kier molecular flexibility index (Phi) is 2.87. The second kappa shape index (κ2) is 4.17. The van der Waals surface area contributed by atoms with E-state index in [1.54, 1.807) is 0 Å². The van der Waals surface area contributed by atoms with Crippen LogP contribution in [0.15, 0.2) is 18.2 Å². The number of carboxylic acids is 1. The molecule has 1 fully saturated rings. The minimum atomic E-state index is -0.989. The van der Waals surface area contributed by atoms with E-state index in [0.29, 0.717) is 18.6 Å². The lowest BCUT2D eigenvalue weighted by molar-refractivity contribution is -0.143. The van der Waals surface area contributed by atoms with Crippen molar-refractivity contribution in [2.75, 3.05) is 6.61 Å². The normalized spacial score (nSPS) is 24.6. The van der Waals surface area contributed by atoms with Crippen molar-refractivity contribution >= 4 is 5.97 Å². The molecule has 16 heavy (non-hydrogen) atoms. The molecule has 1 saturated heterocycles. The third-order valence-electron chi connectivity index (χ3n) is 2.68. The minimum absolute atomic E-state index is 0.320. The van der Waals surface area contributed by atoms with Gasteiger partial charge >= 0.3 is 5.97 Å². The first-order valence-electron chi connectivity index (χ1n) is 4.89. The lowest BCUT2D eigenvalue weighted by Gasteiger charge is -2.15. The van der Waals surface area contributed by atoms with E-state index in [-0.39, 0.29) is 0 Å². The minimum Gasteiger partial charge on any atom is -0.481 e. The largest absolute Gasteiger partial charge is 0.481 e. The van der Waals surface area contributed by atoms with Gasteiger partial charge in [0.2, 0.25) is 0 Å². The van der Waals surface area contributed by atoms with E-state index in [1.165, 1.54) is 6.07 Å². The summed E-state index contributed by atoms with van der Waals surface area (Å²) in [5.74, 6) is -3.61. The average molecular weight is 228 g/mol. The molecule has 2 rings (SSSR count). The molecule has 1 aliphatic rings. The SMILES string of the molecule is O=C(O)C1CCOC1c1ccc(F)c(F)c1. The molecule has 0 spiro atoms. The van der Waals surface area contributed by atoms with Gasteiger partial charge in [0.1, 0.15) is 0 Å². The molecule has 0 bridgehead atoms. The highest BCUT2D eigenvalue weighted by Gasteiger charge is 2.35. The fourth-order valence-electron chi connectivity index (χ4n) is 1.86. The second-order valence-corrected chi connectivity index (χ2v) is 3.70. The fourth-order valence-corrected chi connectivity index (χ4v) is 1.86. The van der Waals surface area contributed by atoms with Gasteiger partial charge in [0, 0.05) is 6.61 Å². The number of rotatable bonds is 2. The first-order valence-corrected chi connectivity index (χ1v) is 4.89. The van der Waals surface area contributed by atoms with Crippen molar-refractivity contribution in [3.63, 3.8) is 0 Å². The Morgan fingerprint density at radius 1 is 1.38 bits per heavy atom. The highest BCUT2D eigenvalue weighted by molar-refractivity contribution is 5.71. The van der Waals surface area contributed by atoms with Gasteiger partial charge in [-0.3, -0.25) is 4.79 Å². The number of benzene rings is 1. The van der Waals surface area contributed by atoms with E-state index in [4.69, 9.17) is 9.84 Å². The van der Waals surface area contributed by atoms with Gasteiger partial charge in [0.25, 0.3) is 0 Å². The summed E-state index contributed by atoms with van der Waals surface area (Å²) in [7, 11) is 0. The number of carbonyl (C=O) groups is 1. The van der Waals surface area contributed by atoms with Crippen molar-refractivity contribution in [3.05, 3.63) is 35.4 Å². The molecule has 2 unspecified atom stereocenters. The van der Waals surface area contributed by atoms with Crippen LogP contribution in [0.2, 0.25) is 0 Å². The molecule has 86 valence electrons. The van der Waals surface area contributed by atoms with Crippen LogP contribution in [-0.2, 0) is 9.53 Å². The van der Waals surface area contributed by atoms with E-state index in [9.17, 15) is 13.6 Å². The Bertz CT molecular complexity index is 420. The molecule has 1 N–H and O–H groups in total. The molecule has 1 heterocycles. The van der Waals surface area contributed by atoms with Crippen LogP contribution in [0.25, 0.3) is 0 Å². The molecule has 3 nitrogen and oxygen atoms in total. The van der Waals surface area contributed by atoms with Gasteiger partial charge in [-0.2, -0.15) is 0 Å². The Balaban J connectivity index is 2.29. The van der Waals surface area contributed by atoms with Crippen molar-refractivity contribution in [2.24, 2.45) is 5.92 Å². The smallest absolute Gasteiger partial charge is 0.309 e. The van der Waals surface area contributed by atoms with Crippen molar-refractivity contribution < 1.29 is 23.4 Å². The molecule has 1 aromatic rings. The van der Waals surface area contributed by atoms with E-state index in [0.717, 1.165) is 12.1 Å². The number of carboxylic acid groups (broad SMARTS) is 1. The summed E-state index contributed by atoms with van der Waals surface area (Å²) in [5, 5.41) is 8.92. The zero-order valence-electron chi connectivity index (χ0n) is 8.32. The van der Waals surface area contributed by atoms with Crippen LogP contribution in [0.4, 0.5) is 8.78 Å². The zero-order valence-corrected chi connectivity index (χ0v) is 8.32. The molecule has 1 aliphatic heterocycles. The van der Waals surface area contributed by atoms with Crippen LogP contribution in [0.1, 0.15) is 18.1 Å². The monoisotopic (exact) mass is 228 g/mol. The van der Waals surface area contributed by atoms with Crippen molar-refractivity contribution in [2.45, 2.75) is 12.5 Å². The van der Waals surface area contributed by atoms with Gasteiger partial charge in [-0.05, 0) is 24.1 Å². The third kappa shape index (κ3) is 1.90. The predicted molar refractivity (Wildman–Crippen MR) is 50.8 cm³/mol. The van der Waals surface area contributed by atoms with Gasteiger partial charge < -0.3 is 9.84 Å². The van der Waals surface area contributed by atoms with Gasteiger partial charge in [0.15, 0.2) is 11.6 Å². The van der Waals surface area contributed by atoms with Crippen LogP contribution in [0.5, 0.6) is 0 Å². The Hall–Kier alpha value is -1.49. The maximum Gasteiger partial charge on any atom is 0.309 e. The Labute approximate surface area is 90.7 Å². The first-order chi connectivity index (χ1) is 7.59. The van der Waals surface area contributed by atoms with Crippen molar-refractivity contribution in [1.29, 1.82) is 0 Å². The summed E-state index contributed by atoms with van der Waals surface area (Å²) in [6.07, 6.45) is -0.300. The van der Waals surface area contributed by atoms with Crippen molar-refractivity contribution in [3.8, 4) is 0 Å². The van der Waals surface area contributed by atoms with Crippen LogP contribution < -0.4 is 0 Å². The van der Waals surface area contributed by atoms with Crippen LogP contribution in [0.3, 0.4) is 0 Å². The van der Waals surface area contributed by atoms with Crippen LogP contribution in [-0.4, -0.2) is 17.7 Å². The van der Waals surface area contributed by atoms with Gasteiger partial charge in [0.05, 0.1) is 12.0 Å². The molecule has 0 aromatic heterocycles. The molecule has 0 aliphatic carbocycles. The van der Waals surface area contributed by atoms with Crippen molar-refractivity contribution in [1.82, 2.24) is 0 Å². The van der Waals surface area contributed by atoms with E-state index >= 15 is 0 Å². The lowest BCUT2D eigenvalue weighted by Crippen LogP contribution is -2.17. The van der Waals surface area contributed by atoms with Crippen LogP contribution >= 0.6 is 0 Å². The molecule has 0 saturated carbocycles. The van der Waals surface area contributed by atoms with Gasteiger partial charge in [-0.25, -0.2) is 8.78 Å². The van der Waals surface area contributed by atoms with Gasteiger partial charge in [-0.15, -0.1) is 0 Å². The Morgan fingerprint density at radius 3 is 2.75 bits per heavy atom. The fraction of sp³-hybridized carbons (Fsp3) is 0.364. The predicted octanol–water partition coefficient (Wildman–Crippen LogP) is 2.13. The summed E-state index contributed by atoms with van der Waals surface area (Å²) in [6.45, 7) is 0.320. The topological polar surface area (TPSA) is 46.5 Å². The molecule has 2 atom stereocenters. The average Bonchev–Trinajstić information content (AvgIpc) is 2.71. The maximum atomic E-state index is 13.0. The number of hydrogen-bond acceptors (Lipinski definition) is 2. The molecule has 0 amide bonds. The van der Waals surface area contributed by atoms with Gasteiger partial charge in [-0.1, -0.05) is 6.07 Å². The standard InChI is InChI=1S/C11H10F2O3/c12-8-2-1-6(5-9(8)13)10-7(11(14)15)3-4-16-10/h1-2,5,7,10H,3-4H2,(H,14,15). The quantitative estimate of drug-likeness (QED) is 0.843. The summed E-state index contributed by atoms with van der Waals surface area (Å²) in [5.41, 5.74) is 0.365. The summed E-state index contributed by atoms with van der Waals surface area (Å²) < 4.78 is 30.9. The second-order valence-electron chi connectivity index (χ2n) is 3.70. The molecule has 0 radical (unpaired) electrons. The lowest BCUT2D eigenvalue weighted by atomic mass is 9.95. The first kappa shape index (κ1) is 11.0. The summed E-state index contributed by atoms with van der Waals surface area (Å²) in [4.78, 5) is 10.9. The summed E-state index contributed by atoms with van der Waals surface area (Å²) in [6, 6.07) is 3.32. The molecule has 5 heteroatoms. The summed E-state index contributed by atoms with van der Waals surface area (Å²) >= 11 is 0. The number of halogens is 2. The van der Waals surface area contributed by atoms with E-state index in [2.05, 4.69) is 0 Å². The Morgan fingerprint density at radius 2 is 2.12 bits per heavy atom. The molecular weight excluding hydrogens is 218 g/mol. The highest BCUT2D eigenvalue weighted by atomic mass is 19.2. The molecular formula is C11H10F2O3. The van der Waals surface area contributed by atoms with E-state index < -0.39 is 29.6 Å². The highest BCUT2D eigenvalue weighted by Crippen LogP contribution is 2.35. The third-order valence-corrected chi connectivity index (χ3v) is 2.68. The van der Waals surface area contributed by atoms with E-state index in [1.807, 2.05) is 0 Å². The maximum absolute atomic E-state index is 13.0. The molecule has 1 aromatic carbocycles. The number of hydrogen-bond donors (Lipinski definition) is 1. The number of aliphatic carboxylic acids is 1. The number of ether oxygens (including phenoxy) is 1. The van der Waals surface area contributed by atoms with Crippen LogP contribution in [0, 0.1) is 17.6 Å².